The molecule has 2 aromatic carbocycles. The Hall–Kier alpha value is -4.04. The van der Waals surface area contributed by atoms with E-state index in [1.807, 2.05) is 35.7 Å². The summed E-state index contributed by atoms with van der Waals surface area (Å²) < 4.78 is 16.8. The number of rotatable bonds is 7. The third kappa shape index (κ3) is 3.52. The minimum atomic E-state index is -0.902. The average Bonchev–Trinajstić information content (AvgIpc) is 3.58. The van der Waals surface area contributed by atoms with Gasteiger partial charge in [0.15, 0.2) is 23.0 Å². The molecule has 4 aromatic rings. The summed E-state index contributed by atoms with van der Waals surface area (Å²) >= 11 is 1.48. The average molecular weight is 476 g/mol. The summed E-state index contributed by atoms with van der Waals surface area (Å²) in [5.74, 6) is -0.931. The van der Waals surface area contributed by atoms with Crippen molar-refractivity contribution in [2.45, 2.75) is 12.6 Å². The highest BCUT2D eigenvalue weighted by Crippen LogP contribution is 2.46. The SMILES string of the molecule is COc1cccc(C2C(C(=O)c3cc4ccccc4o3)=C(O)C(=O)N2Cc2cccs2)c1OC. The van der Waals surface area contributed by atoms with Gasteiger partial charge < -0.3 is 23.9 Å². The molecule has 34 heavy (non-hydrogen) atoms. The topological polar surface area (TPSA) is 89.2 Å². The molecule has 8 heteroatoms. The number of fused-ring (bicyclic) bond motifs is 1. The molecular formula is C26H21NO6S. The van der Waals surface area contributed by atoms with Gasteiger partial charge in [-0.05, 0) is 29.6 Å². The fourth-order valence-corrected chi connectivity index (χ4v) is 5.00. The Balaban J connectivity index is 1.67. The molecule has 0 fully saturated rings. The van der Waals surface area contributed by atoms with Crippen LogP contribution in [0, 0.1) is 0 Å². The number of carbonyl (C=O) groups is 2. The van der Waals surface area contributed by atoms with Crippen molar-refractivity contribution >= 4 is 34.0 Å². The van der Waals surface area contributed by atoms with Crippen molar-refractivity contribution in [2.24, 2.45) is 0 Å². The molecule has 7 nitrogen and oxygen atoms in total. The minimum absolute atomic E-state index is 0.0420. The molecule has 0 saturated carbocycles. The van der Waals surface area contributed by atoms with E-state index in [-0.39, 0.29) is 17.9 Å². The number of benzene rings is 2. The zero-order chi connectivity index (χ0) is 23.8. The highest BCUT2D eigenvalue weighted by atomic mass is 32.1. The molecule has 5 rings (SSSR count). The largest absolute Gasteiger partial charge is 0.503 e. The Morgan fingerprint density at radius 3 is 2.62 bits per heavy atom. The van der Waals surface area contributed by atoms with Crippen LogP contribution in [0.4, 0.5) is 0 Å². The smallest absolute Gasteiger partial charge is 0.290 e. The molecule has 3 heterocycles. The number of ether oxygens (including phenoxy) is 2. The number of para-hydroxylation sites is 2. The Kier molecular flexibility index (Phi) is 5.59. The molecule has 172 valence electrons. The second-order valence-corrected chi connectivity index (χ2v) is 8.77. The molecule has 1 unspecified atom stereocenters. The van der Waals surface area contributed by atoms with E-state index in [0.717, 1.165) is 10.3 Å². The second kappa shape index (κ2) is 8.72. The normalized spacial score (nSPS) is 15.9. The summed E-state index contributed by atoms with van der Waals surface area (Å²) in [4.78, 5) is 29.3. The molecule has 2 aromatic heterocycles. The number of ketones is 1. The number of aliphatic hydroxyl groups is 1. The number of hydrogen-bond donors (Lipinski definition) is 1. The van der Waals surface area contributed by atoms with Gasteiger partial charge >= 0.3 is 0 Å². The van der Waals surface area contributed by atoms with E-state index in [9.17, 15) is 14.7 Å². The van der Waals surface area contributed by atoms with Crippen molar-refractivity contribution in [3.63, 3.8) is 0 Å². The maximum absolute atomic E-state index is 13.7. The second-order valence-electron chi connectivity index (χ2n) is 7.74. The van der Waals surface area contributed by atoms with Gasteiger partial charge in [-0.25, -0.2) is 0 Å². The van der Waals surface area contributed by atoms with Crippen molar-refractivity contribution in [2.75, 3.05) is 14.2 Å². The van der Waals surface area contributed by atoms with Crippen LogP contribution in [0.5, 0.6) is 11.5 Å². The number of methoxy groups -OCH3 is 2. The van der Waals surface area contributed by atoms with E-state index in [1.54, 1.807) is 30.3 Å². The minimum Gasteiger partial charge on any atom is -0.503 e. The van der Waals surface area contributed by atoms with Crippen molar-refractivity contribution < 1.29 is 28.6 Å². The molecule has 1 amide bonds. The number of aliphatic hydroxyl groups excluding tert-OH is 1. The molecule has 1 aliphatic rings. The molecule has 0 radical (unpaired) electrons. The van der Waals surface area contributed by atoms with Gasteiger partial charge in [0.2, 0.25) is 5.78 Å². The van der Waals surface area contributed by atoms with E-state index in [1.165, 1.54) is 30.5 Å². The fraction of sp³-hybridized carbons (Fsp3) is 0.154. The third-order valence-electron chi connectivity index (χ3n) is 5.83. The maximum Gasteiger partial charge on any atom is 0.290 e. The summed E-state index contributed by atoms with van der Waals surface area (Å²) in [7, 11) is 3.00. The first kappa shape index (κ1) is 21.8. The lowest BCUT2D eigenvalue weighted by Crippen LogP contribution is -2.30. The Morgan fingerprint density at radius 1 is 1.09 bits per heavy atom. The van der Waals surface area contributed by atoms with Gasteiger partial charge in [-0.15, -0.1) is 11.3 Å². The number of Topliss-reactive ketones (excluding diaryl/α,β-unsaturated/α-hetero) is 1. The van der Waals surface area contributed by atoms with Crippen LogP contribution < -0.4 is 9.47 Å². The molecule has 1 N–H and O–H groups in total. The molecule has 1 aliphatic heterocycles. The highest BCUT2D eigenvalue weighted by molar-refractivity contribution is 7.09. The number of amides is 1. The zero-order valence-electron chi connectivity index (χ0n) is 18.5. The van der Waals surface area contributed by atoms with Crippen molar-refractivity contribution in [1.29, 1.82) is 0 Å². The highest BCUT2D eigenvalue weighted by Gasteiger charge is 2.46. The summed E-state index contributed by atoms with van der Waals surface area (Å²) in [5.41, 5.74) is 1.00. The Morgan fingerprint density at radius 2 is 1.91 bits per heavy atom. The first-order valence-corrected chi connectivity index (χ1v) is 11.4. The summed E-state index contributed by atoms with van der Waals surface area (Å²) in [6, 6.07) is 17.0. The zero-order valence-corrected chi connectivity index (χ0v) is 19.3. The lowest BCUT2D eigenvalue weighted by atomic mass is 9.94. The van der Waals surface area contributed by atoms with Crippen molar-refractivity contribution in [3.05, 3.63) is 93.6 Å². The van der Waals surface area contributed by atoms with Crippen LogP contribution in [0.3, 0.4) is 0 Å². The fourth-order valence-electron chi connectivity index (χ4n) is 4.30. The predicted molar refractivity (Wildman–Crippen MR) is 127 cm³/mol. The lowest BCUT2D eigenvalue weighted by molar-refractivity contribution is -0.130. The number of thiophene rings is 1. The first-order chi connectivity index (χ1) is 16.5. The standard InChI is InChI=1S/C26H21NO6S/c1-31-19-11-5-9-17(25(19)32-2)22-21(23(28)20-13-15-7-3-4-10-18(15)33-20)24(29)26(30)27(22)14-16-8-6-12-34-16/h3-13,22,29H,14H2,1-2H3. The number of furan rings is 1. The quantitative estimate of drug-likeness (QED) is 0.365. The van der Waals surface area contributed by atoms with E-state index in [0.29, 0.717) is 22.6 Å². The first-order valence-electron chi connectivity index (χ1n) is 10.5. The molecule has 0 bridgehead atoms. The van der Waals surface area contributed by atoms with Crippen LogP contribution in [0.25, 0.3) is 11.0 Å². The van der Waals surface area contributed by atoms with Crippen LogP contribution >= 0.6 is 11.3 Å². The van der Waals surface area contributed by atoms with E-state index in [4.69, 9.17) is 13.9 Å². The van der Waals surface area contributed by atoms with E-state index >= 15 is 0 Å². The third-order valence-corrected chi connectivity index (χ3v) is 6.69. The van der Waals surface area contributed by atoms with Gasteiger partial charge in [-0.2, -0.15) is 0 Å². The van der Waals surface area contributed by atoms with Gasteiger partial charge in [0, 0.05) is 15.8 Å². The van der Waals surface area contributed by atoms with Gasteiger partial charge in [0.25, 0.3) is 5.91 Å². The van der Waals surface area contributed by atoms with Gasteiger partial charge in [0.05, 0.1) is 32.4 Å². The monoisotopic (exact) mass is 475 g/mol. The number of nitrogens with zero attached hydrogens (tertiary/aromatic N) is 1. The number of carbonyl (C=O) groups excluding carboxylic acids is 2. The van der Waals surface area contributed by atoms with Crippen LogP contribution in [0.1, 0.15) is 27.0 Å². The molecule has 1 atom stereocenters. The summed E-state index contributed by atoms with van der Waals surface area (Å²) in [6.45, 7) is 0.211. The van der Waals surface area contributed by atoms with E-state index < -0.39 is 23.5 Å². The van der Waals surface area contributed by atoms with Crippen molar-refractivity contribution in [1.82, 2.24) is 4.90 Å². The van der Waals surface area contributed by atoms with Gasteiger partial charge in [0.1, 0.15) is 5.58 Å². The number of hydrogen-bond acceptors (Lipinski definition) is 7. The molecule has 0 aliphatic carbocycles. The van der Waals surface area contributed by atoms with Crippen LogP contribution in [-0.2, 0) is 11.3 Å². The lowest BCUT2D eigenvalue weighted by Gasteiger charge is -2.28. The molecular weight excluding hydrogens is 454 g/mol. The maximum atomic E-state index is 13.7. The summed E-state index contributed by atoms with van der Waals surface area (Å²) in [6.07, 6.45) is 0. The Bertz CT molecular complexity index is 1390. The van der Waals surface area contributed by atoms with Crippen LogP contribution in [-0.4, -0.2) is 35.9 Å². The Labute approximate surface area is 199 Å². The van der Waals surface area contributed by atoms with Crippen molar-refractivity contribution in [3.8, 4) is 11.5 Å². The van der Waals surface area contributed by atoms with Gasteiger partial charge in [-0.3, -0.25) is 9.59 Å². The molecule has 0 saturated heterocycles. The molecule has 0 spiro atoms. The summed E-state index contributed by atoms with van der Waals surface area (Å²) in [5, 5.41) is 13.6. The predicted octanol–water partition coefficient (Wildman–Crippen LogP) is 5.29. The van der Waals surface area contributed by atoms with Crippen LogP contribution in [0.2, 0.25) is 0 Å². The van der Waals surface area contributed by atoms with Gasteiger partial charge in [-0.1, -0.05) is 36.4 Å². The van der Waals surface area contributed by atoms with E-state index in [2.05, 4.69) is 0 Å². The van der Waals surface area contributed by atoms with Crippen LogP contribution in [0.15, 0.2) is 81.8 Å².